The molecule has 2 aliphatic rings. The summed E-state index contributed by atoms with van der Waals surface area (Å²) in [7, 11) is 0. The van der Waals surface area contributed by atoms with Crippen molar-refractivity contribution < 1.29 is 33.3 Å². The number of ether oxygens (including phenoxy) is 3. The topological polar surface area (TPSA) is 95.2 Å². The zero-order chi connectivity index (χ0) is 25.8. The minimum atomic E-state index is -0.717. The van der Waals surface area contributed by atoms with Crippen LogP contribution < -0.4 is 4.74 Å². The van der Waals surface area contributed by atoms with Crippen LogP contribution in [0, 0.1) is 0 Å². The lowest BCUT2D eigenvalue weighted by molar-refractivity contribution is -0.152. The van der Waals surface area contributed by atoms with E-state index in [-0.39, 0.29) is 17.5 Å². The van der Waals surface area contributed by atoms with Crippen LogP contribution in [0.1, 0.15) is 57.6 Å². The Morgan fingerprint density at radius 1 is 0.917 bits per heavy atom. The van der Waals surface area contributed by atoms with Crippen LogP contribution >= 0.6 is 0 Å². The Kier molecular flexibility index (Phi) is 7.81. The van der Waals surface area contributed by atoms with Gasteiger partial charge in [0, 0.05) is 18.6 Å². The molecule has 0 aliphatic heterocycles. The van der Waals surface area contributed by atoms with Crippen molar-refractivity contribution in [2.45, 2.75) is 63.6 Å². The van der Waals surface area contributed by atoms with E-state index in [4.69, 9.17) is 23.7 Å². The molecule has 2 aliphatic carbocycles. The zero-order valence-corrected chi connectivity index (χ0v) is 21.1. The molecule has 7 nitrogen and oxygen atoms in total. The van der Waals surface area contributed by atoms with Gasteiger partial charge in [-0.3, -0.25) is 9.59 Å². The Morgan fingerprint density at radius 2 is 1.53 bits per heavy atom. The van der Waals surface area contributed by atoms with Crippen molar-refractivity contribution in [3.63, 3.8) is 0 Å². The lowest BCUT2D eigenvalue weighted by atomic mass is 9.92. The third-order valence-corrected chi connectivity index (χ3v) is 7.09. The van der Waals surface area contributed by atoms with Gasteiger partial charge in [-0.1, -0.05) is 18.2 Å². The summed E-state index contributed by atoms with van der Waals surface area (Å²) in [6, 6.07) is 15.3. The van der Waals surface area contributed by atoms with E-state index in [1.165, 1.54) is 0 Å². The van der Waals surface area contributed by atoms with E-state index in [2.05, 4.69) is 0 Å². The largest absolute Gasteiger partial charge is 0.488 e. The quantitative estimate of drug-likeness (QED) is 0.345. The van der Waals surface area contributed by atoms with E-state index in [0.717, 1.165) is 53.5 Å². The summed E-state index contributed by atoms with van der Waals surface area (Å²) >= 11 is 0. The number of benzene rings is 2. The summed E-state index contributed by atoms with van der Waals surface area (Å²) in [5.74, 6) is 0.303. The molecule has 192 valence electrons. The molecule has 7 heteroatoms. The molecule has 2 aromatic carbocycles. The first-order chi connectivity index (χ1) is 17.3. The van der Waals surface area contributed by atoms with E-state index in [0.29, 0.717) is 19.8 Å². The average Bonchev–Trinajstić information content (AvgIpc) is 3.80. The van der Waals surface area contributed by atoms with Gasteiger partial charge in [-0.25, -0.2) is 0 Å². The van der Waals surface area contributed by atoms with Crippen LogP contribution in [-0.4, -0.2) is 43.0 Å². The van der Waals surface area contributed by atoms with Gasteiger partial charge in [-0.2, -0.15) is 0 Å². The zero-order valence-electron chi connectivity index (χ0n) is 21.1. The maximum atomic E-state index is 11.7. The van der Waals surface area contributed by atoms with Gasteiger partial charge in [0.2, 0.25) is 0 Å². The van der Waals surface area contributed by atoms with E-state index < -0.39 is 11.4 Å². The van der Waals surface area contributed by atoms with Crippen molar-refractivity contribution in [3.8, 4) is 5.75 Å². The number of hydrogen-bond donors (Lipinski definition) is 1. The van der Waals surface area contributed by atoms with Crippen molar-refractivity contribution >= 4 is 22.7 Å². The molecule has 2 saturated carbocycles. The summed E-state index contributed by atoms with van der Waals surface area (Å²) < 4.78 is 21.8. The van der Waals surface area contributed by atoms with E-state index in [1.54, 1.807) is 13.2 Å². The van der Waals surface area contributed by atoms with E-state index in [1.807, 2.05) is 62.4 Å². The summed E-state index contributed by atoms with van der Waals surface area (Å²) in [6.45, 7) is 7.07. The average molecular weight is 495 g/mol. The van der Waals surface area contributed by atoms with Crippen LogP contribution in [0.25, 0.3) is 11.0 Å². The first-order valence-corrected chi connectivity index (χ1v) is 12.5. The molecule has 3 aromatic rings. The van der Waals surface area contributed by atoms with Gasteiger partial charge in [0.1, 0.15) is 23.7 Å². The third-order valence-electron chi connectivity index (χ3n) is 7.09. The monoisotopic (exact) mass is 494 g/mol. The number of Topliss-reactive ketones (excluding diaryl/α,β-unsaturated/α-hetero) is 1. The summed E-state index contributed by atoms with van der Waals surface area (Å²) in [5.41, 5.74) is 1.95. The van der Waals surface area contributed by atoms with Crippen LogP contribution in [0.4, 0.5) is 0 Å². The SMILES string of the molecule is CCOC(COc1ccc(C2(C(C)=O)CC2)cc1)OCC.O=C(O)C1(c2ccc3occc3c2)CC1. The lowest BCUT2D eigenvalue weighted by Crippen LogP contribution is -2.25. The Hall–Kier alpha value is -3.16. The predicted molar refractivity (Wildman–Crippen MR) is 135 cm³/mol. The second-order valence-corrected chi connectivity index (χ2v) is 9.37. The molecule has 0 atom stereocenters. The molecule has 1 aromatic heterocycles. The first kappa shape index (κ1) is 25.9. The van der Waals surface area contributed by atoms with Gasteiger partial charge in [-0.05, 0) is 87.9 Å². The number of carboxylic acids is 1. The molecule has 0 radical (unpaired) electrons. The third kappa shape index (κ3) is 5.47. The van der Waals surface area contributed by atoms with Gasteiger partial charge in [0.15, 0.2) is 6.29 Å². The first-order valence-electron chi connectivity index (χ1n) is 12.5. The molecule has 0 amide bonds. The fourth-order valence-corrected chi connectivity index (χ4v) is 4.53. The van der Waals surface area contributed by atoms with Crippen molar-refractivity contribution in [2.75, 3.05) is 19.8 Å². The van der Waals surface area contributed by atoms with Crippen LogP contribution in [-0.2, 0) is 29.9 Å². The van der Waals surface area contributed by atoms with Gasteiger partial charge >= 0.3 is 5.97 Å². The highest BCUT2D eigenvalue weighted by atomic mass is 16.7. The lowest BCUT2D eigenvalue weighted by Gasteiger charge is -2.18. The Morgan fingerprint density at radius 3 is 2.06 bits per heavy atom. The van der Waals surface area contributed by atoms with Crippen molar-refractivity contribution in [2.24, 2.45) is 0 Å². The van der Waals surface area contributed by atoms with Crippen LogP contribution in [0.2, 0.25) is 0 Å². The van der Waals surface area contributed by atoms with E-state index >= 15 is 0 Å². The molecule has 0 unspecified atom stereocenters. The number of aliphatic carboxylic acids is 1. The minimum absolute atomic E-state index is 0.224. The standard InChI is InChI=1S/C17H24O4.C12H10O3/c1-4-19-16(20-5-2)12-21-15-8-6-14(7-9-15)17(10-11-17)13(3)18;13-11(14)12(4-5-12)9-1-2-10-8(7-9)3-6-15-10/h6-9,16H,4-5,10-12H2,1-3H3;1-3,6-7H,4-5H2,(H,13,14). The predicted octanol–water partition coefficient (Wildman–Crippen LogP) is 5.63. The smallest absolute Gasteiger partial charge is 0.314 e. The van der Waals surface area contributed by atoms with Crippen LogP contribution in [0.3, 0.4) is 0 Å². The molecule has 5 rings (SSSR count). The maximum absolute atomic E-state index is 11.7. The van der Waals surface area contributed by atoms with Gasteiger partial charge in [0.05, 0.1) is 17.1 Å². The fraction of sp³-hybridized carbons (Fsp3) is 0.448. The van der Waals surface area contributed by atoms with Crippen molar-refractivity contribution in [1.82, 2.24) is 0 Å². The molecule has 0 saturated heterocycles. The highest BCUT2D eigenvalue weighted by molar-refractivity contribution is 5.91. The number of rotatable bonds is 11. The van der Waals surface area contributed by atoms with E-state index in [9.17, 15) is 9.59 Å². The molecule has 36 heavy (non-hydrogen) atoms. The number of furan rings is 1. The highest BCUT2D eigenvalue weighted by Gasteiger charge is 2.51. The number of carboxylic acid groups (broad SMARTS) is 1. The van der Waals surface area contributed by atoms with Crippen molar-refractivity contribution in [3.05, 3.63) is 65.9 Å². The second-order valence-electron chi connectivity index (χ2n) is 9.37. The second kappa shape index (κ2) is 10.8. The van der Waals surface area contributed by atoms with Crippen LogP contribution in [0.5, 0.6) is 5.75 Å². The number of fused-ring (bicyclic) bond motifs is 1. The molecular weight excluding hydrogens is 460 g/mol. The molecule has 0 spiro atoms. The number of hydrogen-bond acceptors (Lipinski definition) is 6. The number of carbonyl (C=O) groups is 2. The minimum Gasteiger partial charge on any atom is -0.488 e. The molecule has 2 fully saturated rings. The molecule has 1 heterocycles. The summed E-state index contributed by atoms with van der Waals surface area (Å²) in [5, 5.41) is 10.1. The maximum Gasteiger partial charge on any atom is 0.314 e. The molecular formula is C29H34O7. The van der Waals surface area contributed by atoms with Crippen molar-refractivity contribution in [1.29, 1.82) is 0 Å². The van der Waals surface area contributed by atoms with Crippen LogP contribution in [0.15, 0.2) is 59.2 Å². The normalized spacial score (nSPS) is 16.8. The summed E-state index contributed by atoms with van der Waals surface area (Å²) in [4.78, 5) is 22.8. The van der Waals surface area contributed by atoms with Gasteiger partial charge in [-0.15, -0.1) is 0 Å². The Bertz CT molecular complexity index is 1180. The van der Waals surface area contributed by atoms with Gasteiger partial charge < -0.3 is 23.7 Å². The molecule has 0 bridgehead atoms. The molecule has 1 N–H and O–H groups in total. The highest BCUT2D eigenvalue weighted by Crippen LogP contribution is 2.49. The Balaban J connectivity index is 0.000000178. The Labute approximate surface area is 211 Å². The number of ketones is 1. The number of carbonyl (C=O) groups excluding carboxylic acids is 1. The summed E-state index contributed by atoms with van der Waals surface area (Å²) in [6.07, 6.45) is 4.68. The van der Waals surface area contributed by atoms with Gasteiger partial charge in [0.25, 0.3) is 0 Å². The fourth-order valence-electron chi connectivity index (χ4n) is 4.53.